The second-order valence-corrected chi connectivity index (χ2v) is 5.16. The van der Waals surface area contributed by atoms with E-state index in [-0.39, 0.29) is 11.9 Å². The maximum absolute atomic E-state index is 11.9. The van der Waals surface area contributed by atoms with Crippen molar-refractivity contribution in [2.75, 3.05) is 33.2 Å². The van der Waals surface area contributed by atoms with Crippen LogP contribution in [0.5, 0.6) is 0 Å². The third-order valence-corrected chi connectivity index (χ3v) is 3.76. The Balaban J connectivity index is 2.60. The van der Waals surface area contributed by atoms with Gasteiger partial charge in [0.25, 0.3) is 0 Å². The summed E-state index contributed by atoms with van der Waals surface area (Å²) < 4.78 is 0. The molecule has 0 radical (unpaired) electrons. The highest BCUT2D eigenvalue weighted by atomic mass is 16.1. The molecule has 0 aromatic heterocycles. The van der Waals surface area contributed by atoms with Gasteiger partial charge in [0.1, 0.15) is 0 Å². The van der Waals surface area contributed by atoms with E-state index >= 15 is 0 Å². The SMILES string of the molecule is CCN(CC)C(CNC(=O)CCCNC)c1ccccc1. The Hall–Kier alpha value is -1.39. The summed E-state index contributed by atoms with van der Waals surface area (Å²) in [5.41, 5.74) is 1.26. The molecule has 0 aliphatic heterocycles. The Morgan fingerprint density at radius 3 is 2.43 bits per heavy atom. The van der Waals surface area contributed by atoms with Crippen molar-refractivity contribution in [2.45, 2.75) is 32.7 Å². The summed E-state index contributed by atoms with van der Waals surface area (Å²) in [6.45, 7) is 7.83. The molecule has 0 saturated carbocycles. The molecule has 0 bridgehead atoms. The average molecular weight is 291 g/mol. The third kappa shape index (κ3) is 6.27. The van der Waals surface area contributed by atoms with E-state index in [9.17, 15) is 4.79 Å². The van der Waals surface area contributed by atoms with Crippen molar-refractivity contribution in [3.05, 3.63) is 35.9 Å². The molecule has 0 aliphatic carbocycles. The minimum absolute atomic E-state index is 0.137. The van der Waals surface area contributed by atoms with Crippen LogP contribution in [0.15, 0.2) is 30.3 Å². The van der Waals surface area contributed by atoms with Gasteiger partial charge in [-0.05, 0) is 38.7 Å². The molecule has 118 valence electrons. The lowest BCUT2D eigenvalue weighted by Crippen LogP contribution is -2.38. The van der Waals surface area contributed by atoms with Crippen molar-refractivity contribution in [3.8, 4) is 0 Å². The van der Waals surface area contributed by atoms with Gasteiger partial charge in [0, 0.05) is 13.0 Å². The summed E-state index contributed by atoms with van der Waals surface area (Å²) in [5.74, 6) is 0.137. The number of nitrogens with one attached hydrogen (secondary N) is 2. The molecule has 0 aliphatic rings. The van der Waals surface area contributed by atoms with Crippen LogP contribution in [0, 0.1) is 0 Å². The first-order valence-electron chi connectivity index (χ1n) is 7.93. The van der Waals surface area contributed by atoms with E-state index in [1.807, 2.05) is 13.1 Å². The molecule has 21 heavy (non-hydrogen) atoms. The van der Waals surface area contributed by atoms with E-state index in [0.717, 1.165) is 26.1 Å². The lowest BCUT2D eigenvalue weighted by molar-refractivity contribution is -0.121. The van der Waals surface area contributed by atoms with Crippen LogP contribution in [-0.4, -0.2) is 44.0 Å². The number of amides is 1. The molecule has 1 amide bonds. The summed E-state index contributed by atoms with van der Waals surface area (Å²) in [6, 6.07) is 10.7. The van der Waals surface area contributed by atoms with Crippen LogP contribution in [0.1, 0.15) is 38.3 Å². The minimum Gasteiger partial charge on any atom is -0.354 e. The van der Waals surface area contributed by atoms with Crippen molar-refractivity contribution in [1.82, 2.24) is 15.5 Å². The Morgan fingerprint density at radius 1 is 1.19 bits per heavy atom. The van der Waals surface area contributed by atoms with Gasteiger partial charge in [0.15, 0.2) is 0 Å². The largest absolute Gasteiger partial charge is 0.354 e. The number of nitrogens with zero attached hydrogens (tertiary/aromatic N) is 1. The number of hydrogen-bond acceptors (Lipinski definition) is 3. The minimum atomic E-state index is 0.137. The highest BCUT2D eigenvalue weighted by Crippen LogP contribution is 2.19. The fourth-order valence-electron chi connectivity index (χ4n) is 2.52. The smallest absolute Gasteiger partial charge is 0.220 e. The summed E-state index contributed by atoms with van der Waals surface area (Å²) in [4.78, 5) is 14.3. The lowest BCUT2D eigenvalue weighted by atomic mass is 10.0. The molecule has 1 rings (SSSR count). The predicted molar refractivity (Wildman–Crippen MR) is 88.3 cm³/mol. The average Bonchev–Trinajstić information content (AvgIpc) is 2.52. The van der Waals surface area contributed by atoms with Crippen molar-refractivity contribution in [3.63, 3.8) is 0 Å². The van der Waals surface area contributed by atoms with E-state index in [1.165, 1.54) is 5.56 Å². The lowest BCUT2D eigenvalue weighted by Gasteiger charge is -2.30. The first-order chi connectivity index (χ1) is 10.2. The first kappa shape index (κ1) is 17.7. The van der Waals surface area contributed by atoms with Gasteiger partial charge in [-0.25, -0.2) is 0 Å². The monoisotopic (exact) mass is 291 g/mol. The molecule has 0 fully saturated rings. The number of benzene rings is 1. The standard InChI is InChI=1S/C17H29N3O/c1-4-20(5-2)16(15-10-7-6-8-11-15)14-19-17(21)12-9-13-18-3/h6-8,10-11,16,18H,4-5,9,12-14H2,1-3H3,(H,19,21). The number of likely N-dealkylation sites (N-methyl/N-ethyl adjacent to an activating group) is 1. The zero-order valence-corrected chi connectivity index (χ0v) is 13.6. The molecular formula is C17H29N3O. The second-order valence-electron chi connectivity index (χ2n) is 5.16. The first-order valence-corrected chi connectivity index (χ1v) is 7.93. The van der Waals surface area contributed by atoms with Crippen molar-refractivity contribution in [2.24, 2.45) is 0 Å². The van der Waals surface area contributed by atoms with Gasteiger partial charge in [0.05, 0.1) is 6.04 Å². The molecule has 4 heteroatoms. The van der Waals surface area contributed by atoms with Crippen LogP contribution in [0.2, 0.25) is 0 Å². The van der Waals surface area contributed by atoms with Crippen molar-refractivity contribution < 1.29 is 4.79 Å². The Morgan fingerprint density at radius 2 is 1.86 bits per heavy atom. The van der Waals surface area contributed by atoms with Crippen LogP contribution < -0.4 is 10.6 Å². The molecule has 1 unspecified atom stereocenters. The number of rotatable bonds is 10. The zero-order valence-electron chi connectivity index (χ0n) is 13.6. The van der Waals surface area contributed by atoms with Gasteiger partial charge in [-0.3, -0.25) is 9.69 Å². The zero-order chi connectivity index (χ0) is 15.5. The van der Waals surface area contributed by atoms with Crippen molar-refractivity contribution >= 4 is 5.91 Å². The number of carbonyl (C=O) groups excluding carboxylic acids is 1. The summed E-state index contributed by atoms with van der Waals surface area (Å²) >= 11 is 0. The molecular weight excluding hydrogens is 262 g/mol. The van der Waals surface area contributed by atoms with Gasteiger partial charge in [0.2, 0.25) is 5.91 Å². The van der Waals surface area contributed by atoms with E-state index in [0.29, 0.717) is 13.0 Å². The maximum atomic E-state index is 11.9. The van der Waals surface area contributed by atoms with Crippen molar-refractivity contribution in [1.29, 1.82) is 0 Å². The number of hydrogen-bond donors (Lipinski definition) is 2. The Kier molecular flexibility index (Phi) is 8.71. The van der Waals surface area contributed by atoms with Gasteiger partial charge in [-0.1, -0.05) is 44.2 Å². The van der Waals surface area contributed by atoms with E-state index < -0.39 is 0 Å². The Labute approximate surface area is 128 Å². The fraction of sp³-hybridized carbons (Fsp3) is 0.588. The topological polar surface area (TPSA) is 44.4 Å². The predicted octanol–water partition coefficient (Wildman–Crippen LogP) is 2.19. The fourth-order valence-corrected chi connectivity index (χ4v) is 2.52. The molecule has 1 atom stereocenters. The molecule has 1 aromatic rings. The molecule has 2 N–H and O–H groups in total. The Bertz CT molecular complexity index is 390. The van der Waals surface area contributed by atoms with Gasteiger partial charge in [-0.15, -0.1) is 0 Å². The van der Waals surface area contributed by atoms with Crippen LogP contribution in [-0.2, 0) is 4.79 Å². The van der Waals surface area contributed by atoms with E-state index in [2.05, 4.69) is 53.6 Å². The quantitative estimate of drug-likeness (QED) is 0.650. The second kappa shape index (κ2) is 10.4. The third-order valence-electron chi connectivity index (χ3n) is 3.76. The summed E-state index contributed by atoms with van der Waals surface area (Å²) in [7, 11) is 1.91. The van der Waals surface area contributed by atoms with E-state index in [4.69, 9.17) is 0 Å². The van der Waals surface area contributed by atoms with Crippen LogP contribution in [0.4, 0.5) is 0 Å². The van der Waals surface area contributed by atoms with Crippen LogP contribution in [0.3, 0.4) is 0 Å². The highest BCUT2D eigenvalue weighted by Gasteiger charge is 2.18. The normalized spacial score (nSPS) is 12.4. The molecule has 0 saturated heterocycles. The van der Waals surface area contributed by atoms with Gasteiger partial charge < -0.3 is 10.6 Å². The molecule has 0 spiro atoms. The van der Waals surface area contributed by atoms with Crippen LogP contribution in [0.25, 0.3) is 0 Å². The molecule has 0 heterocycles. The van der Waals surface area contributed by atoms with Gasteiger partial charge >= 0.3 is 0 Å². The van der Waals surface area contributed by atoms with Crippen LogP contribution >= 0.6 is 0 Å². The summed E-state index contributed by atoms with van der Waals surface area (Å²) in [6.07, 6.45) is 1.46. The highest BCUT2D eigenvalue weighted by molar-refractivity contribution is 5.75. The summed E-state index contributed by atoms with van der Waals surface area (Å²) in [5, 5.41) is 6.14. The van der Waals surface area contributed by atoms with Gasteiger partial charge in [-0.2, -0.15) is 0 Å². The number of carbonyl (C=O) groups is 1. The van der Waals surface area contributed by atoms with E-state index in [1.54, 1.807) is 0 Å². The molecule has 4 nitrogen and oxygen atoms in total. The molecule has 1 aromatic carbocycles. The maximum Gasteiger partial charge on any atom is 0.220 e.